The van der Waals surface area contributed by atoms with Gasteiger partial charge < -0.3 is 14.6 Å². The van der Waals surface area contributed by atoms with Gasteiger partial charge in [-0.25, -0.2) is 4.57 Å². The number of halogens is 1. The Balaban J connectivity index is 1.52. The van der Waals surface area contributed by atoms with Crippen LogP contribution >= 0.6 is 19.4 Å². The fourth-order valence-electron chi connectivity index (χ4n) is 3.46. The molecular weight excluding hydrogens is 537 g/mol. The number of anilines is 1. The molecule has 0 spiro atoms. The maximum Gasteiger partial charge on any atom is 0.530 e. The molecule has 4 aromatic rings. The average molecular weight is 564 g/mol. The van der Waals surface area contributed by atoms with E-state index < -0.39 is 7.82 Å². The second kappa shape index (κ2) is 13.8. The molecule has 0 aromatic heterocycles. The Labute approximate surface area is 232 Å². The number of ether oxygens (including phenoxy) is 1. The van der Waals surface area contributed by atoms with Gasteiger partial charge in [-0.05, 0) is 53.1 Å². The summed E-state index contributed by atoms with van der Waals surface area (Å²) in [5.74, 6) is 0.111. The molecule has 0 unspecified atom stereocenters. The summed E-state index contributed by atoms with van der Waals surface area (Å²) in [6.45, 7) is 0.0248. The summed E-state index contributed by atoms with van der Waals surface area (Å²) in [7, 11) is -2.65. The van der Waals surface area contributed by atoms with Gasteiger partial charge in [-0.15, -0.1) is 0 Å². The molecule has 4 aromatic carbocycles. The fraction of sp³-hybridized carbons (Fsp3) is 0.100. The molecule has 0 aliphatic rings. The molecule has 200 valence electrons. The largest absolute Gasteiger partial charge is 0.530 e. The van der Waals surface area contributed by atoms with Gasteiger partial charge in [0.25, 0.3) is 0 Å². The van der Waals surface area contributed by atoms with Crippen molar-refractivity contribution in [3.05, 3.63) is 131 Å². The average Bonchev–Trinajstić information content (AvgIpc) is 2.95. The van der Waals surface area contributed by atoms with Gasteiger partial charge in [-0.2, -0.15) is 0 Å². The van der Waals surface area contributed by atoms with Crippen LogP contribution in [0.3, 0.4) is 0 Å². The van der Waals surface area contributed by atoms with Crippen molar-refractivity contribution in [2.45, 2.75) is 13.2 Å². The zero-order valence-electron chi connectivity index (χ0n) is 21.2. The van der Waals surface area contributed by atoms with Crippen molar-refractivity contribution >= 4 is 37.1 Å². The van der Waals surface area contributed by atoms with Gasteiger partial charge in [0.2, 0.25) is 5.91 Å². The second-order valence-electron chi connectivity index (χ2n) is 8.30. The van der Waals surface area contributed by atoms with Crippen molar-refractivity contribution in [3.63, 3.8) is 0 Å². The van der Waals surface area contributed by atoms with Gasteiger partial charge >= 0.3 is 7.82 Å². The van der Waals surface area contributed by atoms with E-state index >= 15 is 0 Å². The standard InChI is InChI=1S/C30H27ClNO6P/c1-35-28-17-15-23(16-18-30(33)32-27-14-8-13-26(31)20-27)19-29(28)38-39(34,36-21-24-9-4-2-5-10-24)37-22-25-11-6-3-7-12-25/h2-20H,21-22H2,1H3,(H,32,33)/b18-16+. The molecule has 0 bridgehead atoms. The molecule has 0 atom stereocenters. The molecule has 0 aliphatic heterocycles. The molecule has 0 saturated heterocycles. The third kappa shape index (κ3) is 8.84. The lowest BCUT2D eigenvalue weighted by Crippen LogP contribution is -2.07. The van der Waals surface area contributed by atoms with Crippen LogP contribution in [0.2, 0.25) is 5.02 Å². The third-order valence-corrected chi connectivity index (χ3v) is 6.93. The molecule has 1 amide bonds. The van der Waals surface area contributed by atoms with Crippen LogP contribution in [0.15, 0.2) is 109 Å². The van der Waals surface area contributed by atoms with Gasteiger partial charge in [-0.1, -0.05) is 84.4 Å². The van der Waals surface area contributed by atoms with E-state index in [1.165, 1.54) is 13.2 Å². The Morgan fingerprint density at radius 2 is 1.46 bits per heavy atom. The van der Waals surface area contributed by atoms with Gasteiger partial charge in [0, 0.05) is 16.8 Å². The summed E-state index contributed by atoms with van der Waals surface area (Å²) in [5.41, 5.74) is 2.78. The molecule has 9 heteroatoms. The normalized spacial score (nSPS) is 11.3. The van der Waals surface area contributed by atoms with Crippen LogP contribution < -0.4 is 14.6 Å². The maximum absolute atomic E-state index is 13.8. The molecule has 0 heterocycles. The SMILES string of the molecule is COc1ccc(/C=C/C(=O)Nc2cccc(Cl)c2)cc1OP(=O)(OCc1ccccc1)OCc1ccccc1. The van der Waals surface area contributed by atoms with E-state index in [-0.39, 0.29) is 24.9 Å². The first-order valence-electron chi connectivity index (χ1n) is 12.0. The summed E-state index contributed by atoms with van der Waals surface area (Å²) in [6.07, 6.45) is 2.96. The Hall–Kier alpha value is -3.87. The Bertz CT molecular complexity index is 1420. The molecule has 0 aliphatic carbocycles. The van der Waals surface area contributed by atoms with Crippen LogP contribution in [0.4, 0.5) is 5.69 Å². The highest BCUT2D eigenvalue weighted by atomic mass is 35.5. The molecule has 39 heavy (non-hydrogen) atoms. The summed E-state index contributed by atoms with van der Waals surface area (Å²) in [4.78, 5) is 12.4. The summed E-state index contributed by atoms with van der Waals surface area (Å²) in [5, 5.41) is 3.26. The van der Waals surface area contributed by atoms with Crippen molar-refractivity contribution in [2.75, 3.05) is 12.4 Å². The van der Waals surface area contributed by atoms with Crippen molar-refractivity contribution < 1.29 is 27.7 Å². The number of nitrogens with one attached hydrogen (secondary N) is 1. The number of amides is 1. The number of phosphoric ester groups is 1. The molecule has 1 N–H and O–H groups in total. The highest BCUT2D eigenvalue weighted by Crippen LogP contribution is 2.53. The monoisotopic (exact) mass is 563 g/mol. The first-order valence-corrected chi connectivity index (χ1v) is 13.9. The van der Waals surface area contributed by atoms with E-state index in [4.69, 9.17) is 29.9 Å². The van der Waals surface area contributed by atoms with Crippen LogP contribution in [0.5, 0.6) is 11.5 Å². The van der Waals surface area contributed by atoms with Crippen LogP contribution in [-0.2, 0) is 31.6 Å². The Kier molecular flexibility index (Phi) is 9.95. The van der Waals surface area contributed by atoms with E-state index in [1.807, 2.05) is 60.7 Å². The van der Waals surface area contributed by atoms with E-state index in [1.54, 1.807) is 48.5 Å². The highest BCUT2D eigenvalue weighted by Gasteiger charge is 2.30. The molecule has 4 rings (SSSR count). The van der Waals surface area contributed by atoms with E-state index in [0.29, 0.717) is 22.0 Å². The lowest BCUT2D eigenvalue weighted by atomic mass is 10.2. The minimum Gasteiger partial charge on any atom is -0.493 e. The molecular formula is C30H27ClNO6P. The number of carbonyl (C=O) groups is 1. The Morgan fingerprint density at radius 3 is 2.05 bits per heavy atom. The zero-order chi connectivity index (χ0) is 27.5. The molecule has 0 radical (unpaired) electrons. The summed E-state index contributed by atoms with van der Waals surface area (Å²) < 4.78 is 36.5. The second-order valence-corrected chi connectivity index (χ2v) is 10.3. The molecule has 0 saturated carbocycles. The lowest BCUT2D eigenvalue weighted by Gasteiger charge is -2.20. The first kappa shape index (κ1) is 28.1. The van der Waals surface area contributed by atoms with Crippen molar-refractivity contribution in [1.82, 2.24) is 0 Å². The van der Waals surface area contributed by atoms with E-state index in [9.17, 15) is 9.36 Å². The van der Waals surface area contributed by atoms with Crippen LogP contribution in [0.25, 0.3) is 6.08 Å². The van der Waals surface area contributed by atoms with E-state index in [2.05, 4.69) is 5.32 Å². The van der Waals surface area contributed by atoms with E-state index in [0.717, 1.165) is 11.1 Å². The quantitative estimate of drug-likeness (QED) is 0.139. The topological polar surface area (TPSA) is 83.1 Å². The van der Waals surface area contributed by atoms with Crippen molar-refractivity contribution in [3.8, 4) is 11.5 Å². The van der Waals surface area contributed by atoms with Crippen molar-refractivity contribution in [1.29, 1.82) is 0 Å². The first-order chi connectivity index (χ1) is 18.9. The number of methoxy groups -OCH3 is 1. The molecule has 7 nitrogen and oxygen atoms in total. The lowest BCUT2D eigenvalue weighted by molar-refractivity contribution is -0.111. The molecule has 0 fully saturated rings. The number of hydrogen-bond acceptors (Lipinski definition) is 6. The van der Waals surface area contributed by atoms with Gasteiger partial charge in [0.05, 0.1) is 20.3 Å². The highest BCUT2D eigenvalue weighted by molar-refractivity contribution is 7.48. The van der Waals surface area contributed by atoms with Gasteiger partial charge in [0.1, 0.15) is 0 Å². The third-order valence-electron chi connectivity index (χ3n) is 5.38. The number of rotatable bonds is 12. The fourth-order valence-corrected chi connectivity index (χ4v) is 4.82. The van der Waals surface area contributed by atoms with Crippen LogP contribution in [0.1, 0.15) is 16.7 Å². The van der Waals surface area contributed by atoms with Gasteiger partial charge in [-0.3, -0.25) is 13.8 Å². The Morgan fingerprint density at radius 1 is 0.821 bits per heavy atom. The predicted octanol–water partition coefficient (Wildman–Crippen LogP) is 7.92. The summed E-state index contributed by atoms with van der Waals surface area (Å²) >= 11 is 5.98. The van der Waals surface area contributed by atoms with Crippen LogP contribution in [-0.4, -0.2) is 13.0 Å². The predicted molar refractivity (Wildman–Crippen MR) is 153 cm³/mol. The zero-order valence-corrected chi connectivity index (χ0v) is 22.8. The smallest absolute Gasteiger partial charge is 0.493 e. The number of phosphoric acid groups is 1. The van der Waals surface area contributed by atoms with Crippen molar-refractivity contribution in [2.24, 2.45) is 0 Å². The number of carbonyl (C=O) groups excluding carboxylic acids is 1. The minimum absolute atomic E-state index is 0.0124. The van der Waals surface area contributed by atoms with Gasteiger partial charge in [0.15, 0.2) is 11.5 Å². The van der Waals surface area contributed by atoms with Crippen LogP contribution in [0, 0.1) is 0 Å². The number of benzene rings is 4. The summed E-state index contributed by atoms with van der Waals surface area (Å²) in [6, 6.07) is 30.4. The number of hydrogen-bond donors (Lipinski definition) is 1. The minimum atomic E-state index is -4.12. The maximum atomic E-state index is 13.8.